The van der Waals surface area contributed by atoms with Gasteiger partial charge < -0.3 is 10.2 Å². The number of nitrogens with zero attached hydrogens (tertiary/aromatic N) is 1. The van der Waals surface area contributed by atoms with Gasteiger partial charge in [0, 0.05) is 33.4 Å². The van der Waals surface area contributed by atoms with Crippen LogP contribution in [-0.2, 0) is 21.9 Å². The summed E-state index contributed by atoms with van der Waals surface area (Å²) in [7, 11) is 0. The van der Waals surface area contributed by atoms with Crippen LogP contribution in [0.1, 0.15) is 50.2 Å². The molecule has 1 aliphatic carbocycles. The zero-order valence-electron chi connectivity index (χ0n) is 18.7. The third kappa shape index (κ3) is 7.81. The van der Waals surface area contributed by atoms with Gasteiger partial charge in [0.25, 0.3) is 0 Å². The van der Waals surface area contributed by atoms with Gasteiger partial charge in [-0.15, -0.1) is 11.8 Å². The first-order chi connectivity index (χ1) is 15.8. The molecule has 0 heterocycles. The highest BCUT2D eigenvalue weighted by Crippen LogP contribution is 2.28. The van der Waals surface area contributed by atoms with E-state index in [-0.39, 0.29) is 23.6 Å². The maximum absolute atomic E-state index is 13.2. The number of thioether (sulfide) groups is 1. The number of benzene rings is 2. The molecular formula is C25H29Cl3N2O2S. The van der Waals surface area contributed by atoms with E-state index in [1.54, 1.807) is 42.2 Å². The van der Waals surface area contributed by atoms with E-state index in [2.05, 4.69) is 5.32 Å². The number of carbonyl (C=O) groups excluding carboxylic acids is 2. The molecular weight excluding hydrogens is 499 g/mol. The second-order valence-electron chi connectivity index (χ2n) is 8.36. The van der Waals surface area contributed by atoms with Crippen LogP contribution in [0.5, 0.6) is 0 Å². The normalized spacial score (nSPS) is 15.2. The average molecular weight is 528 g/mol. The van der Waals surface area contributed by atoms with Crippen molar-refractivity contribution in [3.05, 3.63) is 68.7 Å². The molecule has 1 N–H and O–H groups in total. The monoisotopic (exact) mass is 526 g/mol. The molecule has 2 aromatic rings. The summed E-state index contributed by atoms with van der Waals surface area (Å²) in [6.07, 6.45) is 5.48. The molecule has 0 saturated heterocycles. The largest absolute Gasteiger partial charge is 0.352 e. The molecule has 0 aliphatic heterocycles. The Morgan fingerprint density at radius 1 is 1.03 bits per heavy atom. The van der Waals surface area contributed by atoms with E-state index in [0.717, 1.165) is 36.8 Å². The minimum atomic E-state index is -0.584. The van der Waals surface area contributed by atoms with Gasteiger partial charge in [-0.05, 0) is 55.2 Å². The molecule has 1 atom stereocenters. The van der Waals surface area contributed by atoms with Crippen LogP contribution < -0.4 is 5.32 Å². The Morgan fingerprint density at radius 2 is 1.67 bits per heavy atom. The van der Waals surface area contributed by atoms with Gasteiger partial charge in [-0.2, -0.15) is 0 Å². The number of amides is 2. The van der Waals surface area contributed by atoms with E-state index in [1.807, 2.05) is 12.1 Å². The van der Waals surface area contributed by atoms with Crippen LogP contribution >= 0.6 is 46.6 Å². The molecule has 33 heavy (non-hydrogen) atoms. The Bertz CT molecular complexity index is 929. The van der Waals surface area contributed by atoms with Crippen LogP contribution in [0, 0.1) is 0 Å². The van der Waals surface area contributed by atoms with Gasteiger partial charge in [-0.3, -0.25) is 9.59 Å². The molecule has 0 unspecified atom stereocenters. The smallest absolute Gasteiger partial charge is 0.242 e. The quantitative estimate of drug-likeness (QED) is 0.392. The van der Waals surface area contributed by atoms with Gasteiger partial charge >= 0.3 is 0 Å². The molecule has 178 valence electrons. The summed E-state index contributed by atoms with van der Waals surface area (Å²) in [6.45, 7) is 2.13. The van der Waals surface area contributed by atoms with Crippen LogP contribution in [0.15, 0.2) is 42.5 Å². The number of hydrogen-bond acceptors (Lipinski definition) is 3. The first-order valence-electron chi connectivity index (χ1n) is 11.2. The maximum Gasteiger partial charge on any atom is 0.242 e. The van der Waals surface area contributed by atoms with Crippen molar-refractivity contribution in [2.75, 3.05) is 5.75 Å². The zero-order valence-corrected chi connectivity index (χ0v) is 21.7. The number of halogens is 3. The van der Waals surface area contributed by atoms with Crippen molar-refractivity contribution >= 4 is 58.4 Å². The zero-order chi connectivity index (χ0) is 23.8. The first-order valence-corrected chi connectivity index (χ1v) is 13.5. The van der Waals surface area contributed by atoms with Gasteiger partial charge in [0.2, 0.25) is 11.8 Å². The second-order valence-corrected chi connectivity index (χ2v) is 10.6. The summed E-state index contributed by atoms with van der Waals surface area (Å²) < 4.78 is 0. The SMILES string of the molecule is C[C@H](C(=O)NC1CCCCC1)N(Cc1ccc(Cl)cc1)C(=O)CSCc1c(Cl)cccc1Cl. The Morgan fingerprint density at radius 3 is 2.30 bits per heavy atom. The van der Waals surface area contributed by atoms with E-state index in [1.165, 1.54) is 18.2 Å². The summed E-state index contributed by atoms with van der Waals surface area (Å²) in [5.41, 5.74) is 1.73. The second kappa shape index (κ2) is 12.9. The van der Waals surface area contributed by atoms with Gasteiger partial charge in [-0.1, -0.05) is 72.3 Å². The van der Waals surface area contributed by atoms with Gasteiger partial charge in [-0.25, -0.2) is 0 Å². The van der Waals surface area contributed by atoms with E-state index < -0.39 is 6.04 Å². The molecule has 0 spiro atoms. The Kier molecular flexibility index (Phi) is 10.2. The predicted molar refractivity (Wildman–Crippen MR) is 139 cm³/mol. The van der Waals surface area contributed by atoms with Crippen molar-refractivity contribution < 1.29 is 9.59 Å². The minimum absolute atomic E-state index is 0.107. The lowest BCUT2D eigenvalue weighted by Crippen LogP contribution is -2.50. The molecule has 2 amide bonds. The fourth-order valence-corrected chi connectivity index (χ4v) is 5.70. The van der Waals surface area contributed by atoms with Crippen LogP contribution in [0.3, 0.4) is 0 Å². The molecule has 1 aliphatic rings. The number of nitrogens with one attached hydrogen (secondary N) is 1. The maximum atomic E-state index is 13.2. The fraction of sp³-hybridized carbons (Fsp3) is 0.440. The molecule has 0 aromatic heterocycles. The molecule has 1 saturated carbocycles. The lowest BCUT2D eigenvalue weighted by molar-refractivity contribution is -0.139. The third-order valence-electron chi connectivity index (χ3n) is 5.92. The highest BCUT2D eigenvalue weighted by molar-refractivity contribution is 7.99. The lowest BCUT2D eigenvalue weighted by atomic mass is 9.95. The number of rotatable bonds is 9. The average Bonchev–Trinajstić information content (AvgIpc) is 2.80. The summed E-state index contributed by atoms with van der Waals surface area (Å²) in [5, 5.41) is 4.95. The summed E-state index contributed by atoms with van der Waals surface area (Å²) in [5.74, 6) is 0.519. The Labute approximate surface area is 215 Å². The molecule has 2 aromatic carbocycles. The molecule has 0 radical (unpaired) electrons. The lowest BCUT2D eigenvalue weighted by Gasteiger charge is -2.31. The topological polar surface area (TPSA) is 49.4 Å². The first kappa shape index (κ1) is 26.2. The van der Waals surface area contributed by atoms with Crippen molar-refractivity contribution in [1.82, 2.24) is 10.2 Å². The number of carbonyl (C=O) groups is 2. The minimum Gasteiger partial charge on any atom is -0.352 e. The van der Waals surface area contributed by atoms with E-state index in [4.69, 9.17) is 34.8 Å². The third-order valence-corrected chi connectivity index (χ3v) is 7.82. The molecule has 0 bridgehead atoms. The van der Waals surface area contributed by atoms with E-state index in [0.29, 0.717) is 27.4 Å². The molecule has 1 fully saturated rings. The summed E-state index contributed by atoms with van der Waals surface area (Å²) in [4.78, 5) is 27.9. The van der Waals surface area contributed by atoms with E-state index >= 15 is 0 Å². The molecule has 3 rings (SSSR count). The standard InChI is InChI=1S/C25H29Cl3N2O2S/c1-17(25(32)29-20-6-3-2-4-7-20)30(14-18-10-12-19(26)13-11-18)24(31)16-33-15-21-22(27)8-5-9-23(21)28/h5,8-13,17,20H,2-4,6-7,14-16H2,1H3,(H,29,32)/t17-/m1/s1. The predicted octanol–water partition coefficient (Wildman–Crippen LogP) is 6.75. The van der Waals surface area contributed by atoms with Crippen LogP contribution in [0.25, 0.3) is 0 Å². The highest BCUT2D eigenvalue weighted by atomic mass is 35.5. The van der Waals surface area contributed by atoms with Crippen LogP contribution in [-0.4, -0.2) is 34.6 Å². The van der Waals surface area contributed by atoms with Gasteiger partial charge in [0.05, 0.1) is 5.75 Å². The van der Waals surface area contributed by atoms with Crippen molar-refractivity contribution in [3.8, 4) is 0 Å². The van der Waals surface area contributed by atoms with Crippen molar-refractivity contribution in [2.45, 2.75) is 63.4 Å². The highest BCUT2D eigenvalue weighted by Gasteiger charge is 2.28. The molecule has 8 heteroatoms. The Hall–Kier alpha value is -1.40. The van der Waals surface area contributed by atoms with Crippen LogP contribution in [0.4, 0.5) is 0 Å². The Balaban J connectivity index is 1.67. The van der Waals surface area contributed by atoms with Crippen molar-refractivity contribution in [3.63, 3.8) is 0 Å². The van der Waals surface area contributed by atoms with Crippen molar-refractivity contribution in [2.24, 2.45) is 0 Å². The van der Waals surface area contributed by atoms with Gasteiger partial charge in [0.1, 0.15) is 6.04 Å². The summed E-state index contributed by atoms with van der Waals surface area (Å²) >= 11 is 20.0. The van der Waals surface area contributed by atoms with Gasteiger partial charge in [0.15, 0.2) is 0 Å². The molecule has 4 nitrogen and oxygen atoms in total. The summed E-state index contributed by atoms with van der Waals surface area (Å²) in [6, 6.07) is 12.3. The fourth-order valence-electron chi connectivity index (χ4n) is 3.93. The number of hydrogen-bond donors (Lipinski definition) is 1. The van der Waals surface area contributed by atoms with Crippen LogP contribution in [0.2, 0.25) is 15.1 Å². The van der Waals surface area contributed by atoms with Crippen molar-refractivity contribution in [1.29, 1.82) is 0 Å². The van der Waals surface area contributed by atoms with E-state index in [9.17, 15) is 9.59 Å².